The van der Waals surface area contributed by atoms with Crippen LogP contribution in [-0.2, 0) is 6.54 Å². The molecule has 1 aliphatic heterocycles. The van der Waals surface area contributed by atoms with E-state index in [1.807, 2.05) is 43.3 Å². The number of thioether (sulfide) groups is 1. The number of aromatic nitrogens is 2. The number of hydrogen-bond donors (Lipinski definition) is 3. The number of hydrogen-bond acceptors (Lipinski definition) is 4. The highest BCUT2D eigenvalue weighted by molar-refractivity contribution is 7.99. The second-order valence-electron chi connectivity index (χ2n) is 6.66. The summed E-state index contributed by atoms with van der Waals surface area (Å²) < 4.78 is 0. The van der Waals surface area contributed by atoms with E-state index in [1.54, 1.807) is 11.8 Å². The second kappa shape index (κ2) is 8.60. The molecule has 0 spiro atoms. The summed E-state index contributed by atoms with van der Waals surface area (Å²) in [5, 5.41) is 13.8. The van der Waals surface area contributed by atoms with Gasteiger partial charge in [0.2, 0.25) is 0 Å². The highest BCUT2D eigenvalue weighted by Crippen LogP contribution is 2.28. The Morgan fingerprint density at radius 1 is 1.42 bits per heavy atom. The van der Waals surface area contributed by atoms with Crippen molar-refractivity contribution < 1.29 is 5.11 Å². The Morgan fingerprint density at radius 2 is 2.23 bits per heavy atom. The van der Waals surface area contributed by atoms with Crippen molar-refractivity contribution in [2.24, 2.45) is 4.99 Å². The molecule has 2 heterocycles. The maximum Gasteiger partial charge on any atom is 0.194 e. The first kappa shape index (κ1) is 18.8. The minimum absolute atomic E-state index is 0.431. The molecule has 1 aromatic heterocycles. The Hall–Kier alpha value is -1.99. The second-order valence-corrected chi connectivity index (χ2v) is 7.77. The van der Waals surface area contributed by atoms with Crippen molar-refractivity contribution in [1.82, 2.24) is 20.2 Å². The zero-order chi connectivity index (χ0) is 18.4. The molecule has 6 nitrogen and oxygen atoms in total. The fourth-order valence-corrected chi connectivity index (χ4v) is 4.20. The smallest absolute Gasteiger partial charge is 0.194 e. The van der Waals surface area contributed by atoms with Crippen LogP contribution >= 0.6 is 11.8 Å². The number of benzene rings is 1. The molecule has 0 aliphatic carbocycles. The van der Waals surface area contributed by atoms with Crippen LogP contribution in [0.5, 0.6) is 0 Å². The zero-order valence-corrected chi connectivity index (χ0v) is 16.2. The quantitative estimate of drug-likeness (QED) is 0.535. The number of nitrogens with zero attached hydrogens (tertiary/aromatic N) is 3. The molecular weight excluding hydrogens is 346 g/mol. The van der Waals surface area contributed by atoms with E-state index in [4.69, 9.17) is 0 Å². The topological polar surface area (TPSA) is 76.5 Å². The molecule has 3 rings (SSSR count). The van der Waals surface area contributed by atoms with Crippen molar-refractivity contribution in [1.29, 1.82) is 0 Å². The van der Waals surface area contributed by atoms with E-state index in [2.05, 4.69) is 32.4 Å². The maximum atomic E-state index is 10.5. The van der Waals surface area contributed by atoms with Gasteiger partial charge in [0.1, 0.15) is 5.82 Å². The summed E-state index contributed by atoms with van der Waals surface area (Å²) in [7, 11) is 1.99. The van der Waals surface area contributed by atoms with Crippen molar-refractivity contribution >= 4 is 17.7 Å². The monoisotopic (exact) mass is 373 g/mol. The van der Waals surface area contributed by atoms with Gasteiger partial charge in [-0.3, -0.25) is 4.99 Å². The third-order valence-corrected chi connectivity index (χ3v) is 5.64. The highest BCUT2D eigenvalue weighted by atomic mass is 32.2. The summed E-state index contributed by atoms with van der Waals surface area (Å²) in [5.41, 5.74) is 1.46. The van der Waals surface area contributed by atoms with Crippen molar-refractivity contribution in [3.63, 3.8) is 0 Å². The van der Waals surface area contributed by atoms with Crippen LogP contribution in [-0.4, -0.2) is 63.2 Å². The molecule has 0 bridgehead atoms. The third-order valence-electron chi connectivity index (χ3n) is 4.40. The number of imidazole rings is 1. The van der Waals surface area contributed by atoms with E-state index in [9.17, 15) is 5.11 Å². The highest BCUT2D eigenvalue weighted by Gasteiger charge is 2.31. The number of aliphatic hydroxyl groups is 1. The van der Waals surface area contributed by atoms with E-state index < -0.39 is 5.60 Å². The van der Waals surface area contributed by atoms with Crippen molar-refractivity contribution in [2.75, 3.05) is 31.6 Å². The van der Waals surface area contributed by atoms with Crippen molar-refractivity contribution in [3.8, 4) is 11.3 Å². The van der Waals surface area contributed by atoms with Gasteiger partial charge >= 0.3 is 0 Å². The van der Waals surface area contributed by atoms with E-state index in [0.717, 1.165) is 47.5 Å². The normalized spacial score (nSPS) is 20.3. The molecule has 0 radical (unpaired) electrons. The summed E-state index contributed by atoms with van der Waals surface area (Å²) in [6.45, 7) is 3.87. The lowest BCUT2D eigenvalue weighted by Crippen LogP contribution is -2.41. The van der Waals surface area contributed by atoms with Crippen LogP contribution < -0.4 is 5.32 Å². The van der Waals surface area contributed by atoms with Gasteiger partial charge < -0.3 is 20.3 Å². The summed E-state index contributed by atoms with van der Waals surface area (Å²) >= 11 is 1.79. The van der Waals surface area contributed by atoms with Gasteiger partial charge in [0.25, 0.3) is 0 Å². The summed E-state index contributed by atoms with van der Waals surface area (Å²) in [4.78, 5) is 14.6. The molecule has 2 aromatic rings. The van der Waals surface area contributed by atoms with Crippen molar-refractivity contribution in [3.05, 3.63) is 42.4 Å². The first-order valence-electron chi connectivity index (χ1n) is 8.98. The Bertz CT molecular complexity index is 725. The van der Waals surface area contributed by atoms with Crippen LogP contribution in [0.15, 0.2) is 41.5 Å². The summed E-state index contributed by atoms with van der Waals surface area (Å²) in [6, 6.07) is 10.2. The number of nitrogens with one attached hydrogen (secondary N) is 2. The molecule has 1 fully saturated rings. The number of aliphatic imine (C=N–C) groups is 1. The fraction of sp³-hybridized carbons (Fsp3) is 0.474. The largest absolute Gasteiger partial charge is 0.387 e. The lowest BCUT2D eigenvalue weighted by atomic mass is 10.1. The third kappa shape index (κ3) is 4.80. The Balaban J connectivity index is 1.66. The number of aromatic amines is 1. The molecular formula is C19H27N5OS. The summed E-state index contributed by atoms with van der Waals surface area (Å²) in [5.74, 6) is 3.44. The van der Waals surface area contributed by atoms with Crippen molar-refractivity contribution in [2.45, 2.75) is 25.5 Å². The Labute approximate surface area is 159 Å². The van der Waals surface area contributed by atoms with Crippen LogP contribution in [0, 0.1) is 0 Å². The lowest BCUT2D eigenvalue weighted by Gasteiger charge is -2.24. The van der Waals surface area contributed by atoms with Gasteiger partial charge in [-0.2, -0.15) is 11.8 Å². The lowest BCUT2D eigenvalue weighted by molar-refractivity contribution is 0.0776. The van der Waals surface area contributed by atoms with E-state index in [1.165, 1.54) is 0 Å². The zero-order valence-electron chi connectivity index (χ0n) is 15.4. The molecule has 140 valence electrons. The van der Waals surface area contributed by atoms with Gasteiger partial charge in [0.05, 0.1) is 30.6 Å². The van der Waals surface area contributed by atoms with E-state index in [-0.39, 0.29) is 0 Å². The van der Waals surface area contributed by atoms with Gasteiger partial charge in [0, 0.05) is 19.3 Å². The minimum atomic E-state index is -0.669. The molecule has 7 heteroatoms. The number of rotatable bonds is 6. The molecule has 0 amide bonds. The van der Waals surface area contributed by atoms with Gasteiger partial charge in [0.15, 0.2) is 5.96 Å². The molecule has 1 atom stereocenters. The van der Waals surface area contributed by atoms with Crippen LogP contribution in [0.2, 0.25) is 0 Å². The van der Waals surface area contributed by atoms with Gasteiger partial charge in [-0.25, -0.2) is 4.98 Å². The van der Waals surface area contributed by atoms with Crippen LogP contribution in [0.3, 0.4) is 0 Å². The van der Waals surface area contributed by atoms with Crippen LogP contribution in [0.4, 0.5) is 0 Å². The summed E-state index contributed by atoms with van der Waals surface area (Å²) in [6.07, 6.45) is 2.67. The molecule has 0 saturated carbocycles. The minimum Gasteiger partial charge on any atom is -0.387 e. The Morgan fingerprint density at radius 3 is 2.92 bits per heavy atom. The molecule has 1 unspecified atom stereocenters. The number of guanidine groups is 1. The average Bonchev–Trinajstić information content (AvgIpc) is 3.29. The van der Waals surface area contributed by atoms with Crippen LogP contribution in [0.25, 0.3) is 11.3 Å². The standard InChI is InChI=1S/C19H27N5OS/c1-3-20-18(22-13-19(25)9-10-26-14-19)24(2)12-17-21-11-16(23-17)15-7-5-4-6-8-15/h4-8,11,25H,3,9-10,12-14H2,1-2H3,(H,20,22)(H,21,23). The maximum absolute atomic E-state index is 10.5. The molecule has 3 N–H and O–H groups in total. The first-order valence-corrected chi connectivity index (χ1v) is 10.1. The molecule has 26 heavy (non-hydrogen) atoms. The van der Waals surface area contributed by atoms with Gasteiger partial charge in [-0.05, 0) is 24.7 Å². The predicted molar refractivity (Wildman–Crippen MR) is 108 cm³/mol. The van der Waals surface area contributed by atoms with E-state index in [0.29, 0.717) is 13.1 Å². The first-order chi connectivity index (χ1) is 12.6. The molecule has 1 aliphatic rings. The predicted octanol–water partition coefficient (Wildman–Crippen LogP) is 2.34. The van der Waals surface area contributed by atoms with Crippen LogP contribution in [0.1, 0.15) is 19.2 Å². The molecule has 1 saturated heterocycles. The SMILES string of the molecule is CCNC(=NCC1(O)CCSC1)N(C)Cc1ncc(-c2ccccc2)[nH]1. The number of H-pyrrole nitrogens is 1. The van der Waals surface area contributed by atoms with Gasteiger partial charge in [-0.15, -0.1) is 0 Å². The Kier molecular flexibility index (Phi) is 6.21. The van der Waals surface area contributed by atoms with Gasteiger partial charge in [-0.1, -0.05) is 30.3 Å². The molecule has 1 aromatic carbocycles. The average molecular weight is 374 g/mol. The van der Waals surface area contributed by atoms with E-state index >= 15 is 0 Å². The fourth-order valence-electron chi connectivity index (χ4n) is 2.92.